The lowest BCUT2D eigenvalue weighted by molar-refractivity contribution is 0.112. The van der Waals surface area contributed by atoms with Crippen LogP contribution in [0, 0.1) is 0 Å². The Bertz CT molecular complexity index is 1170. The fourth-order valence-corrected chi connectivity index (χ4v) is 5.49. The third-order valence-electron chi connectivity index (χ3n) is 6.93. The molecule has 0 fully saturated rings. The van der Waals surface area contributed by atoms with Gasteiger partial charge in [0.05, 0.1) is 22.5 Å². The predicted molar refractivity (Wildman–Crippen MR) is 161 cm³/mol. The number of azo groups is 1. The van der Waals surface area contributed by atoms with Crippen LogP contribution in [-0.4, -0.2) is 29.5 Å². The Hall–Kier alpha value is -2.64. The lowest BCUT2D eigenvalue weighted by Gasteiger charge is -2.27. The van der Waals surface area contributed by atoms with E-state index in [2.05, 4.69) is 59.1 Å². The van der Waals surface area contributed by atoms with Crippen molar-refractivity contribution in [3.05, 3.63) is 47.0 Å². The fourth-order valence-electron chi connectivity index (χ4n) is 4.64. The highest BCUT2D eigenvalue weighted by Crippen LogP contribution is 2.34. The Labute approximate surface area is 232 Å². The number of hydrogen-bond acceptors (Lipinski definition) is 7. The highest BCUT2D eigenvalue weighted by atomic mass is 32.1. The summed E-state index contributed by atoms with van der Waals surface area (Å²) in [5, 5.41) is 19.5. The molecule has 0 aliphatic rings. The first-order chi connectivity index (χ1) is 18.6. The zero-order chi connectivity index (χ0) is 27.2. The van der Waals surface area contributed by atoms with Crippen LogP contribution in [0.5, 0.6) is 0 Å². The van der Waals surface area contributed by atoms with Crippen LogP contribution in [0.2, 0.25) is 0 Å². The second-order valence-electron chi connectivity index (χ2n) is 10.0. The average molecular weight is 537 g/mol. The topological polar surface area (TPSA) is 78.2 Å². The first-order valence-electron chi connectivity index (χ1n) is 14.4. The van der Waals surface area contributed by atoms with Crippen molar-refractivity contribution in [1.82, 2.24) is 4.98 Å². The minimum absolute atomic E-state index is 0.169. The van der Waals surface area contributed by atoms with Crippen molar-refractivity contribution in [3.8, 4) is 0 Å². The van der Waals surface area contributed by atoms with Crippen LogP contribution in [-0.2, 0) is 13.0 Å². The molecule has 206 valence electrons. The molecule has 1 N–H and O–H groups in total. The van der Waals surface area contributed by atoms with E-state index in [-0.39, 0.29) is 6.61 Å². The molecule has 0 aliphatic carbocycles. The molecule has 2 aromatic carbocycles. The van der Waals surface area contributed by atoms with Crippen LogP contribution in [0.25, 0.3) is 10.2 Å². The van der Waals surface area contributed by atoms with Gasteiger partial charge in [-0.3, -0.25) is 4.79 Å². The molecular weight excluding hydrogens is 492 g/mol. The van der Waals surface area contributed by atoms with Gasteiger partial charge in [0.25, 0.3) is 0 Å². The number of aromatic nitrogens is 1. The van der Waals surface area contributed by atoms with Crippen molar-refractivity contribution in [3.63, 3.8) is 0 Å². The van der Waals surface area contributed by atoms with E-state index >= 15 is 0 Å². The molecule has 6 nitrogen and oxygen atoms in total. The standard InChI is InChI=1S/C31H44N4O2S/c1-4-7-10-11-12-13-14-24-15-16-27-30(19-24)38-31(32-27)34-33-28-20-26(23-37)29(21-25(28)22-36)35(17-8-5-2)18-9-6-3/h15-16,19-21,23,36H,4-14,17-18,22H2,1-3H3. The summed E-state index contributed by atoms with van der Waals surface area (Å²) in [6.45, 7) is 8.18. The van der Waals surface area contributed by atoms with Crippen molar-refractivity contribution < 1.29 is 9.90 Å². The van der Waals surface area contributed by atoms with Gasteiger partial charge in [0.2, 0.25) is 5.13 Å². The van der Waals surface area contributed by atoms with Gasteiger partial charge in [-0.25, -0.2) is 4.98 Å². The molecule has 1 heterocycles. The van der Waals surface area contributed by atoms with Gasteiger partial charge in [0.1, 0.15) is 0 Å². The Balaban J connectivity index is 1.76. The zero-order valence-electron chi connectivity index (χ0n) is 23.4. The first-order valence-corrected chi connectivity index (χ1v) is 15.2. The molecular formula is C31H44N4O2S. The van der Waals surface area contributed by atoms with E-state index in [9.17, 15) is 9.90 Å². The summed E-state index contributed by atoms with van der Waals surface area (Å²) in [6, 6.07) is 10.1. The Kier molecular flexibility index (Phi) is 12.9. The number of carbonyl (C=O) groups excluding carboxylic acids is 1. The molecule has 0 bridgehead atoms. The number of anilines is 1. The summed E-state index contributed by atoms with van der Waals surface area (Å²) in [5.74, 6) is 0. The van der Waals surface area contributed by atoms with Crippen LogP contribution < -0.4 is 4.90 Å². The van der Waals surface area contributed by atoms with Gasteiger partial charge in [-0.1, -0.05) is 83.1 Å². The van der Waals surface area contributed by atoms with Gasteiger partial charge in [-0.15, -0.1) is 10.2 Å². The Morgan fingerprint density at radius 1 is 0.895 bits per heavy atom. The normalized spacial score (nSPS) is 11.6. The molecule has 0 saturated carbocycles. The molecule has 38 heavy (non-hydrogen) atoms. The SMILES string of the molecule is CCCCCCCCc1ccc2nc(N=Nc3cc(C=O)c(N(CCCC)CCCC)cc3CO)sc2c1. The van der Waals surface area contributed by atoms with E-state index in [1.165, 1.54) is 55.4 Å². The van der Waals surface area contributed by atoms with Gasteiger partial charge in [-0.05, 0) is 55.5 Å². The maximum absolute atomic E-state index is 12.0. The number of benzene rings is 2. The van der Waals surface area contributed by atoms with Crippen LogP contribution >= 0.6 is 11.3 Å². The predicted octanol–water partition coefficient (Wildman–Crippen LogP) is 9.33. The molecule has 0 aliphatic heterocycles. The third-order valence-corrected chi connectivity index (χ3v) is 7.84. The molecule has 0 unspecified atom stereocenters. The number of aldehydes is 1. The molecule has 0 atom stereocenters. The van der Waals surface area contributed by atoms with Crippen molar-refractivity contribution in [2.45, 2.75) is 98.0 Å². The molecule has 3 aromatic rings. The number of hydrogen-bond donors (Lipinski definition) is 1. The maximum atomic E-state index is 12.0. The average Bonchev–Trinajstić information content (AvgIpc) is 3.35. The molecule has 0 radical (unpaired) electrons. The number of nitrogens with zero attached hydrogens (tertiary/aromatic N) is 4. The summed E-state index contributed by atoms with van der Waals surface area (Å²) in [6.07, 6.45) is 14.0. The van der Waals surface area contributed by atoms with Gasteiger partial charge in [0.15, 0.2) is 6.29 Å². The van der Waals surface area contributed by atoms with E-state index in [0.717, 1.165) is 67.4 Å². The van der Waals surface area contributed by atoms with Crippen molar-refractivity contribution in [2.75, 3.05) is 18.0 Å². The first kappa shape index (κ1) is 29.9. The molecule has 7 heteroatoms. The monoisotopic (exact) mass is 536 g/mol. The Morgan fingerprint density at radius 2 is 1.61 bits per heavy atom. The van der Waals surface area contributed by atoms with Crippen molar-refractivity contribution in [1.29, 1.82) is 0 Å². The maximum Gasteiger partial charge on any atom is 0.231 e. The van der Waals surface area contributed by atoms with E-state index in [4.69, 9.17) is 0 Å². The smallest absolute Gasteiger partial charge is 0.231 e. The number of aliphatic hydroxyl groups excluding tert-OH is 1. The summed E-state index contributed by atoms with van der Waals surface area (Å²) >= 11 is 1.52. The van der Waals surface area contributed by atoms with Gasteiger partial charge in [-0.2, -0.15) is 0 Å². The number of unbranched alkanes of at least 4 members (excludes halogenated alkanes) is 7. The number of rotatable bonds is 18. The number of fused-ring (bicyclic) bond motifs is 1. The summed E-state index contributed by atoms with van der Waals surface area (Å²) in [5.41, 5.74) is 4.87. The minimum atomic E-state index is -0.169. The van der Waals surface area contributed by atoms with Gasteiger partial charge in [0, 0.05) is 29.9 Å². The van der Waals surface area contributed by atoms with E-state index in [1.807, 2.05) is 6.07 Å². The van der Waals surface area contributed by atoms with E-state index in [1.54, 1.807) is 6.07 Å². The lowest BCUT2D eigenvalue weighted by Crippen LogP contribution is -2.26. The molecule has 0 spiro atoms. The van der Waals surface area contributed by atoms with Crippen LogP contribution in [0.4, 0.5) is 16.5 Å². The number of aliphatic hydroxyl groups is 1. The molecule has 0 amide bonds. The highest BCUT2D eigenvalue weighted by molar-refractivity contribution is 7.21. The summed E-state index contributed by atoms with van der Waals surface area (Å²) in [4.78, 5) is 18.9. The fraction of sp³-hybridized carbons (Fsp3) is 0.548. The zero-order valence-corrected chi connectivity index (χ0v) is 24.2. The highest BCUT2D eigenvalue weighted by Gasteiger charge is 2.15. The second kappa shape index (κ2) is 16.4. The van der Waals surface area contributed by atoms with Gasteiger partial charge < -0.3 is 10.0 Å². The van der Waals surface area contributed by atoms with Crippen molar-refractivity contribution in [2.24, 2.45) is 10.2 Å². The van der Waals surface area contributed by atoms with E-state index in [0.29, 0.717) is 21.9 Å². The van der Waals surface area contributed by atoms with Crippen LogP contribution in [0.1, 0.15) is 106 Å². The number of aryl methyl sites for hydroxylation is 1. The number of carbonyl (C=O) groups is 1. The molecule has 1 aromatic heterocycles. The summed E-state index contributed by atoms with van der Waals surface area (Å²) < 4.78 is 1.11. The van der Waals surface area contributed by atoms with Crippen molar-refractivity contribution >= 4 is 44.3 Å². The molecule has 0 saturated heterocycles. The van der Waals surface area contributed by atoms with Crippen LogP contribution in [0.3, 0.4) is 0 Å². The second-order valence-corrected chi connectivity index (χ2v) is 11.0. The number of thiazole rings is 1. The third kappa shape index (κ3) is 8.70. The van der Waals surface area contributed by atoms with Gasteiger partial charge >= 0.3 is 0 Å². The molecule has 3 rings (SSSR count). The quantitative estimate of drug-likeness (QED) is 0.0998. The summed E-state index contributed by atoms with van der Waals surface area (Å²) in [7, 11) is 0. The largest absolute Gasteiger partial charge is 0.392 e. The lowest BCUT2D eigenvalue weighted by atomic mass is 10.0. The minimum Gasteiger partial charge on any atom is -0.392 e. The van der Waals surface area contributed by atoms with E-state index < -0.39 is 0 Å². The Morgan fingerprint density at radius 3 is 2.29 bits per heavy atom. The van der Waals surface area contributed by atoms with Crippen LogP contribution in [0.15, 0.2) is 40.6 Å².